The third kappa shape index (κ3) is 3.95. The minimum absolute atomic E-state index is 0.199. The van der Waals surface area contributed by atoms with Gasteiger partial charge in [-0.25, -0.2) is 13.2 Å². The SMILES string of the molecule is COc1ccccc1NC(=O)C1CCN(C(=O)c2ccc(F)c(F)c2F)CC1. The standard InChI is InChI=1S/C20H19F3N2O3/c1-28-16-5-3-2-4-15(16)24-19(26)12-8-10-25(11-9-12)20(27)13-6-7-14(21)18(23)17(13)22/h2-7,12H,8-11H2,1H3,(H,24,26). The lowest BCUT2D eigenvalue weighted by Crippen LogP contribution is -2.41. The molecule has 1 N–H and O–H groups in total. The number of piperidine rings is 1. The number of nitrogens with zero attached hydrogens (tertiary/aromatic N) is 1. The number of amides is 2. The summed E-state index contributed by atoms with van der Waals surface area (Å²) in [7, 11) is 1.51. The molecule has 0 aliphatic carbocycles. The minimum Gasteiger partial charge on any atom is -0.495 e. The molecular weight excluding hydrogens is 373 g/mol. The summed E-state index contributed by atoms with van der Waals surface area (Å²) in [6.07, 6.45) is 0.746. The van der Waals surface area contributed by atoms with E-state index in [4.69, 9.17) is 4.74 Å². The Morgan fingerprint density at radius 1 is 1.04 bits per heavy atom. The Morgan fingerprint density at radius 2 is 1.71 bits per heavy atom. The van der Waals surface area contributed by atoms with E-state index in [1.807, 2.05) is 0 Å². The molecule has 2 amide bonds. The molecule has 1 heterocycles. The van der Waals surface area contributed by atoms with Crippen LogP contribution < -0.4 is 10.1 Å². The topological polar surface area (TPSA) is 58.6 Å². The summed E-state index contributed by atoms with van der Waals surface area (Å²) in [5.74, 6) is -5.23. The molecule has 3 rings (SSSR count). The van der Waals surface area contributed by atoms with Crippen molar-refractivity contribution in [3.63, 3.8) is 0 Å². The van der Waals surface area contributed by atoms with Gasteiger partial charge in [0, 0.05) is 19.0 Å². The zero-order valence-corrected chi connectivity index (χ0v) is 15.2. The summed E-state index contributed by atoms with van der Waals surface area (Å²) in [5.41, 5.74) is 0.0354. The molecule has 1 fully saturated rings. The number of benzene rings is 2. The zero-order chi connectivity index (χ0) is 20.3. The lowest BCUT2D eigenvalue weighted by Gasteiger charge is -2.31. The molecule has 0 atom stereocenters. The Kier molecular flexibility index (Phi) is 5.87. The van der Waals surface area contributed by atoms with E-state index in [-0.39, 0.29) is 24.9 Å². The maximum Gasteiger partial charge on any atom is 0.256 e. The van der Waals surface area contributed by atoms with Crippen LogP contribution in [0.25, 0.3) is 0 Å². The van der Waals surface area contributed by atoms with Gasteiger partial charge >= 0.3 is 0 Å². The van der Waals surface area contributed by atoms with Crippen molar-refractivity contribution in [2.75, 3.05) is 25.5 Å². The Bertz CT molecular complexity index is 896. The van der Waals surface area contributed by atoms with Crippen LogP contribution in [0.2, 0.25) is 0 Å². The Labute approximate surface area is 160 Å². The van der Waals surface area contributed by atoms with E-state index in [1.165, 1.54) is 12.0 Å². The van der Waals surface area contributed by atoms with E-state index in [9.17, 15) is 22.8 Å². The van der Waals surface area contributed by atoms with Crippen molar-refractivity contribution >= 4 is 17.5 Å². The summed E-state index contributed by atoms with van der Waals surface area (Å²) >= 11 is 0. The molecule has 148 valence electrons. The molecule has 0 spiro atoms. The number of para-hydroxylation sites is 2. The van der Waals surface area contributed by atoms with E-state index in [2.05, 4.69) is 5.32 Å². The number of hydrogen-bond donors (Lipinski definition) is 1. The van der Waals surface area contributed by atoms with Gasteiger partial charge in [0.25, 0.3) is 5.91 Å². The predicted octanol–water partition coefficient (Wildman–Crippen LogP) is 3.60. The first-order chi connectivity index (χ1) is 13.4. The number of halogens is 3. The van der Waals surface area contributed by atoms with Crippen LogP contribution in [0.3, 0.4) is 0 Å². The molecule has 0 bridgehead atoms. The van der Waals surface area contributed by atoms with Crippen molar-refractivity contribution in [1.82, 2.24) is 4.90 Å². The Balaban J connectivity index is 1.62. The number of rotatable bonds is 4. The van der Waals surface area contributed by atoms with Gasteiger partial charge in [0.15, 0.2) is 17.5 Å². The molecular formula is C20H19F3N2O3. The zero-order valence-electron chi connectivity index (χ0n) is 15.2. The largest absolute Gasteiger partial charge is 0.495 e. The average molecular weight is 392 g/mol. The highest BCUT2D eigenvalue weighted by atomic mass is 19.2. The van der Waals surface area contributed by atoms with E-state index >= 15 is 0 Å². The van der Waals surface area contributed by atoms with Gasteiger partial charge in [-0.05, 0) is 37.1 Å². The monoisotopic (exact) mass is 392 g/mol. The van der Waals surface area contributed by atoms with Crippen LogP contribution in [-0.4, -0.2) is 36.9 Å². The van der Waals surface area contributed by atoms with Crippen molar-refractivity contribution in [2.45, 2.75) is 12.8 Å². The molecule has 5 nitrogen and oxygen atoms in total. The average Bonchev–Trinajstić information content (AvgIpc) is 2.72. The molecule has 8 heteroatoms. The van der Waals surface area contributed by atoms with Gasteiger partial charge in [0.2, 0.25) is 5.91 Å². The first kappa shape index (κ1) is 19.7. The van der Waals surface area contributed by atoms with Crippen LogP contribution in [0, 0.1) is 23.4 Å². The van der Waals surface area contributed by atoms with Gasteiger partial charge in [-0.3, -0.25) is 9.59 Å². The first-order valence-corrected chi connectivity index (χ1v) is 8.79. The van der Waals surface area contributed by atoms with Gasteiger partial charge in [-0.2, -0.15) is 0 Å². The van der Waals surface area contributed by atoms with E-state index < -0.39 is 28.9 Å². The molecule has 0 saturated carbocycles. The maximum absolute atomic E-state index is 13.8. The summed E-state index contributed by atoms with van der Waals surface area (Å²) in [6, 6.07) is 8.66. The second-order valence-corrected chi connectivity index (χ2v) is 6.48. The molecule has 2 aromatic rings. The third-order valence-electron chi connectivity index (χ3n) is 4.78. The van der Waals surface area contributed by atoms with Gasteiger partial charge in [0.05, 0.1) is 18.4 Å². The van der Waals surface area contributed by atoms with E-state index in [1.54, 1.807) is 24.3 Å². The highest BCUT2D eigenvalue weighted by molar-refractivity contribution is 5.96. The number of ether oxygens (including phenoxy) is 1. The molecule has 0 aromatic heterocycles. The van der Waals surface area contributed by atoms with Crippen LogP contribution in [0.1, 0.15) is 23.2 Å². The quantitative estimate of drug-likeness (QED) is 0.809. The Hall–Kier alpha value is -3.03. The fourth-order valence-electron chi connectivity index (χ4n) is 3.19. The summed E-state index contributed by atoms with van der Waals surface area (Å²) in [6.45, 7) is 0.419. The molecule has 2 aromatic carbocycles. The van der Waals surface area contributed by atoms with Crippen LogP contribution in [0.4, 0.5) is 18.9 Å². The molecule has 28 heavy (non-hydrogen) atoms. The van der Waals surface area contributed by atoms with Crippen LogP contribution in [0.5, 0.6) is 5.75 Å². The number of methoxy groups -OCH3 is 1. The van der Waals surface area contributed by atoms with E-state index in [0.717, 1.165) is 12.1 Å². The molecule has 1 saturated heterocycles. The van der Waals surface area contributed by atoms with Crippen molar-refractivity contribution in [2.24, 2.45) is 5.92 Å². The van der Waals surface area contributed by atoms with Crippen molar-refractivity contribution in [1.29, 1.82) is 0 Å². The summed E-state index contributed by atoms with van der Waals surface area (Å²) in [4.78, 5) is 26.2. The van der Waals surface area contributed by atoms with Gasteiger partial charge in [-0.15, -0.1) is 0 Å². The smallest absolute Gasteiger partial charge is 0.256 e. The number of likely N-dealkylation sites (tertiary alicyclic amines) is 1. The van der Waals surface area contributed by atoms with Crippen LogP contribution in [-0.2, 0) is 4.79 Å². The molecule has 0 unspecified atom stereocenters. The van der Waals surface area contributed by atoms with Crippen molar-refractivity contribution in [3.8, 4) is 5.75 Å². The lowest BCUT2D eigenvalue weighted by atomic mass is 9.95. The minimum atomic E-state index is -1.67. The fourth-order valence-corrected chi connectivity index (χ4v) is 3.19. The third-order valence-corrected chi connectivity index (χ3v) is 4.78. The number of nitrogens with one attached hydrogen (secondary N) is 1. The number of hydrogen-bond acceptors (Lipinski definition) is 3. The number of carbonyl (C=O) groups excluding carboxylic acids is 2. The Morgan fingerprint density at radius 3 is 2.39 bits per heavy atom. The lowest BCUT2D eigenvalue weighted by molar-refractivity contribution is -0.121. The second kappa shape index (κ2) is 8.33. The summed E-state index contributed by atoms with van der Waals surface area (Å²) in [5, 5.41) is 2.81. The predicted molar refractivity (Wildman–Crippen MR) is 96.6 cm³/mol. The fraction of sp³-hybridized carbons (Fsp3) is 0.300. The second-order valence-electron chi connectivity index (χ2n) is 6.48. The first-order valence-electron chi connectivity index (χ1n) is 8.79. The van der Waals surface area contributed by atoms with Gasteiger partial charge in [0.1, 0.15) is 5.75 Å². The summed E-state index contributed by atoms with van der Waals surface area (Å²) < 4.78 is 45.5. The van der Waals surface area contributed by atoms with Gasteiger partial charge < -0.3 is 15.0 Å². The van der Waals surface area contributed by atoms with Crippen molar-refractivity contribution in [3.05, 3.63) is 59.4 Å². The number of carbonyl (C=O) groups is 2. The number of anilines is 1. The highest BCUT2D eigenvalue weighted by Crippen LogP contribution is 2.26. The van der Waals surface area contributed by atoms with Crippen molar-refractivity contribution < 1.29 is 27.5 Å². The molecule has 1 aliphatic rings. The van der Waals surface area contributed by atoms with Crippen LogP contribution >= 0.6 is 0 Å². The maximum atomic E-state index is 13.8. The molecule has 1 aliphatic heterocycles. The highest BCUT2D eigenvalue weighted by Gasteiger charge is 2.30. The normalized spacial score (nSPS) is 14.6. The van der Waals surface area contributed by atoms with Gasteiger partial charge in [-0.1, -0.05) is 12.1 Å². The van der Waals surface area contributed by atoms with E-state index in [0.29, 0.717) is 24.3 Å². The van der Waals surface area contributed by atoms with Crippen LogP contribution in [0.15, 0.2) is 36.4 Å². The molecule has 0 radical (unpaired) electrons.